The summed E-state index contributed by atoms with van der Waals surface area (Å²) in [5.74, 6) is -0.847. The van der Waals surface area contributed by atoms with E-state index in [0.717, 1.165) is 54.7 Å². The number of hydrogen-bond donors (Lipinski definition) is 1. The second-order valence-corrected chi connectivity index (χ2v) is 10.6. The van der Waals surface area contributed by atoms with Gasteiger partial charge in [-0.2, -0.15) is 4.31 Å². The normalized spacial score (nSPS) is 16.3. The van der Waals surface area contributed by atoms with Gasteiger partial charge in [-0.3, -0.25) is 4.79 Å². The summed E-state index contributed by atoms with van der Waals surface area (Å²) in [4.78, 5) is 14.0. The molecular weight excluding hydrogens is 435 g/mol. The fourth-order valence-corrected chi connectivity index (χ4v) is 5.98. The molecule has 8 heteroatoms. The van der Waals surface area contributed by atoms with Crippen LogP contribution in [0, 0.1) is 5.82 Å². The first-order valence-corrected chi connectivity index (χ1v) is 13.2. The van der Waals surface area contributed by atoms with E-state index in [2.05, 4.69) is 5.32 Å². The minimum absolute atomic E-state index is 0.00739. The Balaban J connectivity index is 1.77. The molecule has 1 saturated carbocycles. The lowest BCUT2D eigenvalue weighted by atomic mass is 9.95. The van der Waals surface area contributed by atoms with Gasteiger partial charge < -0.3 is 5.32 Å². The van der Waals surface area contributed by atoms with Gasteiger partial charge in [-0.15, -0.1) is 11.8 Å². The van der Waals surface area contributed by atoms with Gasteiger partial charge >= 0.3 is 0 Å². The third-order valence-corrected chi connectivity index (χ3v) is 8.35. The molecule has 1 N–H and O–H groups in total. The molecule has 0 unspecified atom stereocenters. The Hall–Kier alpha value is -1.90. The van der Waals surface area contributed by atoms with Gasteiger partial charge in [0.25, 0.3) is 0 Å². The highest BCUT2D eigenvalue weighted by Gasteiger charge is 2.34. The van der Waals surface area contributed by atoms with Gasteiger partial charge in [0.2, 0.25) is 15.9 Å². The molecule has 1 aliphatic rings. The lowest BCUT2D eigenvalue weighted by Crippen LogP contribution is -2.47. The van der Waals surface area contributed by atoms with Gasteiger partial charge in [-0.1, -0.05) is 31.4 Å². The van der Waals surface area contributed by atoms with E-state index >= 15 is 0 Å². The summed E-state index contributed by atoms with van der Waals surface area (Å²) < 4.78 is 41.3. The number of nitrogens with one attached hydrogen (secondary N) is 1. The molecular formula is C23H29FN2O3S2. The van der Waals surface area contributed by atoms with Crippen LogP contribution in [0.3, 0.4) is 0 Å². The first kappa shape index (κ1) is 23.8. The van der Waals surface area contributed by atoms with E-state index in [1.807, 2.05) is 37.4 Å². The maximum Gasteiger partial charge on any atom is 0.243 e. The van der Waals surface area contributed by atoms with Crippen LogP contribution in [0.15, 0.2) is 58.3 Å². The summed E-state index contributed by atoms with van der Waals surface area (Å²) >= 11 is 1.64. The van der Waals surface area contributed by atoms with Crippen LogP contribution >= 0.6 is 11.8 Å². The fraction of sp³-hybridized carbons (Fsp3) is 0.435. The lowest BCUT2D eigenvalue weighted by Gasteiger charge is -2.33. The van der Waals surface area contributed by atoms with Crippen LogP contribution in [-0.2, 0) is 14.8 Å². The number of benzene rings is 2. The molecule has 1 amide bonds. The quantitative estimate of drug-likeness (QED) is 0.573. The average Bonchev–Trinajstić information content (AvgIpc) is 2.78. The zero-order valence-corrected chi connectivity index (χ0v) is 19.5. The van der Waals surface area contributed by atoms with Crippen LogP contribution in [0.2, 0.25) is 0 Å². The lowest BCUT2D eigenvalue weighted by molar-refractivity contribution is -0.122. The van der Waals surface area contributed by atoms with Crippen LogP contribution in [0.5, 0.6) is 0 Å². The standard InChI is InChI=1S/C23H29FN2O3S2/c1-17(18-8-12-21(30-2)13-9-18)25-23(27)16-26(20-6-4-3-5-7-20)31(28,29)22-14-10-19(24)11-15-22/h8-15,17,20H,3-7,16H2,1-2H3,(H,25,27)/t17-/m1/s1. The Kier molecular flexibility index (Phi) is 8.13. The van der Waals surface area contributed by atoms with Crippen molar-refractivity contribution < 1.29 is 17.6 Å². The molecule has 0 radical (unpaired) electrons. The highest BCUT2D eigenvalue weighted by Crippen LogP contribution is 2.28. The number of nitrogens with zero attached hydrogens (tertiary/aromatic N) is 1. The molecule has 0 bridgehead atoms. The number of carbonyl (C=O) groups is 1. The number of rotatable bonds is 8. The Morgan fingerprint density at radius 3 is 2.29 bits per heavy atom. The summed E-state index contributed by atoms with van der Waals surface area (Å²) in [6.45, 7) is 1.63. The van der Waals surface area contributed by atoms with E-state index in [0.29, 0.717) is 0 Å². The molecule has 2 aromatic rings. The molecule has 31 heavy (non-hydrogen) atoms. The SMILES string of the molecule is CSc1ccc([C@@H](C)NC(=O)CN(C2CCCCC2)S(=O)(=O)c2ccc(F)cc2)cc1. The Morgan fingerprint density at radius 1 is 1.10 bits per heavy atom. The molecule has 0 saturated heterocycles. The van der Waals surface area contributed by atoms with Gasteiger partial charge in [0.05, 0.1) is 17.5 Å². The van der Waals surface area contributed by atoms with E-state index in [4.69, 9.17) is 0 Å². The summed E-state index contributed by atoms with van der Waals surface area (Å²) in [5.41, 5.74) is 0.955. The van der Waals surface area contributed by atoms with Crippen molar-refractivity contribution in [3.63, 3.8) is 0 Å². The van der Waals surface area contributed by atoms with Crippen LogP contribution in [-0.4, -0.2) is 37.5 Å². The number of amides is 1. The van der Waals surface area contributed by atoms with Crippen molar-refractivity contribution in [2.75, 3.05) is 12.8 Å². The molecule has 1 fully saturated rings. The summed E-state index contributed by atoms with van der Waals surface area (Å²) in [7, 11) is -3.92. The Morgan fingerprint density at radius 2 is 1.71 bits per heavy atom. The molecule has 168 valence electrons. The van der Waals surface area contributed by atoms with Crippen molar-refractivity contribution in [3.8, 4) is 0 Å². The molecule has 0 aromatic heterocycles. The van der Waals surface area contributed by atoms with Crippen LogP contribution in [0.4, 0.5) is 4.39 Å². The van der Waals surface area contributed by atoms with Crippen LogP contribution in [0.25, 0.3) is 0 Å². The van der Waals surface area contributed by atoms with E-state index < -0.39 is 15.8 Å². The topological polar surface area (TPSA) is 66.5 Å². The maximum absolute atomic E-state index is 13.3. The molecule has 1 atom stereocenters. The van der Waals surface area contributed by atoms with Crippen molar-refractivity contribution in [2.45, 2.75) is 60.9 Å². The zero-order chi connectivity index (χ0) is 22.4. The molecule has 0 aliphatic heterocycles. The molecule has 2 aromatic carbocycles. The maximum atomic E-state index is 13.3. The van der Waals surface area contributed by atoms with Gasteiger partial charge in [0.15, 0.2) is 0 Å². The minimum Gasteiger partial charge on any atom is -0.348 e. The Labute approximate surface area is 188 Å². The van der Waals surface area contributed by atoms with Crippen molar-refractivity contribution in [3.05, 3.63) is 59.9 Å². The van der Waals surface area contributed by atoms with E-state index in [-0.39, 0.29) is 29.4 Å². The zero-order valence-electron chi connectivity index (χ0n) is 17.9. The summed E-state index contributed by atoms with van der Waals surface area (Å²) in [6, 6.07) is 12.2. The van der Waals surface area contributed by atoms with Gasteiger partial charge in [0, 0.05) is 10.9 Å². The monoisotopic (exact) mass is 464 g/mol. The highest BCUT2D eigenvalue weighted by atomic mass is 32.2. The van der Waals surface area contributed by atoms with Gasteiger partial charge in [0.1, 0.15) is 5.82 Å². The molecule has 0 heterocycles. The highest BCUT2D eigenvalue weighted by molar-refractivity contribution is 7.98. The van der Waals surface area contributed by atoms with Crippen molar-refractivity contribution >= 4 is 27.7 Å². The molecule has 5 nitrogen and oxygen atoms in total. The van der Waals surface area contributed by atoms with E-state index in [1.54, 1.807) is 11.8 Å². The van der Waals surface area contributed by atoms with Crippen LogP contribution < -0.4 is 5.32 Å². The minimum atomic E-state index is -3.92. The van der Waals surface area contributed by atoms with E-state index in [9.17, 15) is 17.6 Å². The summed E-state index contributed by atoms with van der Waals surface area (Å²) in [5, 5.41) is 2.92. The average molecular weight is 465 g/mol. The van der Waals surface area contributed by atoms with Gasteiger partial charge in [-0.05, 0) is 68.0 Å². The second-order valence-electron chi connectivity index (χ2n) is 7.86. The number of carbonyl (C=O) groups excluding carboxylic acids is 1. The van der Waals surface area contributed by atoms with Crippen molar-refractivity contribution in [2.24, 2.45) is 0 Å². The first-order valence-electron chi connectivity index (χ1n) is 10.5. The number of sulfonamides is 1. The third kappa shape index (κ3) is 6.08. The van der Waals surface area contributed by atoms with Crippen molar-refractivity contribution in [1.82, 2.24) is 9.62 Å². The third-order valence-electron chi connectivity index (χ3n) is 5.69. The Bertz CT molecular complexity index is 973. The predicted molar refractivity (Wildman–Crippen MR) is 122 cm³/mol. The fourth-order valence-electron chi connectivity index (χ4n) is 3.93. The smallest absolute Gasteiger partial charge is 0.243 e. The largest absolute Gasteiger partial charge is 0.348 e. The number of halogens is 1. The predicted octanol–water partition coefficient (Wildman–Crippen LogP) is 4.75. The second kappa shape index (κ2) is 10.6. The van der Waals surface area contributed by atoms with E-state index in [1.165, 1.54) is 16.4 Å². The van der Waals surface area contributed by atoms with Crippen molar-refractivity contribution in [1.29, 1.82) is 0 Å². The van der Waals surface area contributed by atoms with Gasteiger partial charge in [-0.25, -0.2) is 12.8 Å². The molecule has 1 aliphatic carbocycles. The van der Waals surface area contributed by atoms with Crippen LogP contribution in [0.1, 0.15) is 50.6 Å². The number of thioether (sulfide) groups is 1. The molecule has 3 rings (SSSR count). The number of hydrogen-bond acceptors (Lipinski definition) is 4. The summed E-state index contributed by atoms with van der Waals surface area (Å²) in [6.07, 6.45) is 6.37. The first-order chi connectivity index (χ1) is 14.8. The molecule has 0 spiro atoms.